The van der Waals surface area contributed by atoms with Gasteiger partial charge in [-0.2, -0.15) is 0 Å². The monoisotopic (exact) mass is 483 g/mol. The van der Waals surface area contributed by atoms with Crippen LogP contribution in [0.25, 0.3) is 0 Å². The highest BCUT2D eigenvalue weighted by molar-refractivity contribution is 6.00. The van der Waals surface area contributed by atoms with Gasteiger partial charge in [0, 0.05) is 12.4 Å². The smallest absolute Gasteiger partial charge is 0.267 e. The van der Waals surface area contributed by atoms with Crippen molar-refractivity contribution in [1.82, 2.24) is 25.6 Å². The Hall–Kier alpha value is -3.99. The topological polar surface area (TPSA) is 126 Å². The van der Waals surface area contributed by atoms with Crippen LogP contribution >= 0.6 is 0 Å². The van der Waals surface area contributed by atoms with Crippen LogP contribution in [-0.4, -0.2) is 37.4 Å². The van der Waals surface area contributed by atoms with Gasteiger partial charge in [-0.25, -0.2) is 18.7 Å². The fourth-order valence-electron chi connectivity index (χ4n) is 3.37. The molecule has 0 radical (unpaired) electrons. The highest BCUT2D eigenvalue weighted by Crippen LogP contribution is 2.36. The summed E-state index contributed by atoms with van der Waals surface area (Å²) < 4.78 is 32.4. The molecule has 4 rings (SSSR count). The number of ether oxygens (including phenoxy) is 1. The lowest BCUT2D eigenvalue weighted by atomic mass is 10.1. The van der Waals surface area contributed by atoms with E-state index in [1.165, 1.54) is 50.0 Å². The zero-order valence-corrected chi connectivity index (χ0v) is 18.7. The number of carbonyl (C=O) groups excluding carboxylic acids is 2. The summed E-state index contributed by atoms with van der Waals surface area (Å²) in [4.78, 5) is 36.8. The number of rotatable bonds is 9. The summed E-state index contributed by atoms with van der Waals surface area (Å²) >= 11 is 0. The molecule has 182 valence electrons. The van der Waals surface area contributed by atoms with E-state index >= 15 is 0 Å². The minimum absolute atomic E-state index is 0.0394. The van der Waals surface area contributed by atoms with E-state index in [-0.39, 0.29) is 35.1 Å². The van der Waals surface area contributed by atoms with E-state index < -0.39 is 24.0 Å². The molecule has 0 bridgehead atoms. The van der Waals surface area contributed by atoms with Gasteiger partial charge in [0.1, 0.15) is 23.4 Å². The Bertz CT molecular complexity index is 1200. The number of aromatic nitrogens is 3. The molecule has 3 N–H and O–H groups in total. The number of nitrogens with one attached hydrogen (secondary N) is 2. The third-order valence-corrected chi connectivity index (χ3v) is 5.57. The van der Waals surface area contributed by atoms with E-state index in [1.807, 2.05) is 0 Å². The summed E-state index contributed by atoms with van der Waals surface area (Å²) in [7, 11) is 0. The van der Waals surface area contributed by atoms with Crippen LogP contribution in [0.5, 0.6) is 11.5 Å². The number of aliphatic hydroxyl groups is 1. The van der Waals surface area contributed by atoms with Crippen molar-refractivity contribution >= 4 is 11.8 Å². The average Bonchev–Trinajstić information content (AvgIpc) is 3.64. The van der Waals surface area contributed by atoms with E-state index in [0.29, 0.717) is 24.1 Å². The second-order valence-corrected chi connectivity index (χ2v) is 8.21. The SMILES string of the molecule is CC(O)c1ccc(Oc2ccc(CNC(=O)C3(NC(=O)c4cncnc4)CC3)nc2)c(C(F)F)c1. The molecule has 0 saturated heterocycles. The van der Waals surface area contributed by atoms with Crippen molar-refractivity contribution in [2.45, 2.75) is 44.4 Å². The van der Waals surface area contributed by atoms with Gasteiger partial charge in [0.25, 0.3) is 12.3 Å². The van der Waals surface area contributed by atoms with Crippen LogP contribution in [0.2, 0.25) is 0 Å². The highest BCUT2D eigenvalue weighted by Gasteiger charge is 2.51. The third kappa shape index (κ3) is 5.75. The summed E-state index contributed by atoms with van der Waals surface area (Å²) in [5, 5.41) is 15.1. The molecule has 9 nitrogen and oxygen atoms in total. The number of hydrogen-bond acceptors (Lipinski definition) is 7. The fourth-order valence-corrected chi connectivity index (χ4v) is 3.37. The second-order valence-electron chi connectivity index (χ2n) is 8.21. The van der Waals surface area contributed by atoms with Crippen LogP contribution in [0.4, 0.5) is 8.78 Å². The van der Waals surface area contributed by atoms with Crippen molar-refractivity contribution in [2.24, 2.45) is 0 Å². The van der Waals surface area contributed by atoms with Gasteiger partial charge in [-0.05, 0) is 49.6 Å². The number of alkyl halides is 2. The van der Waals surface area contributed by atoms with E-state index in [0.717, 1.165) is 0 Å². The van der Waals surface area contributed by atoms with Crippen molar-refractivity contribution in [1.29, 1.82) is 0 Å². The maximum absolute atomic E-state index is 13.4. The van der Waals surface area contributed by atoms with Gasteiger partial charge in [0.2, 0.25) is 5.91 Å². The minimum atomic E-state index is -2.78. The van der Waals surface area contributed by atoms with Crippen LogP contribution in [0.3, 0.4) is 0 Å². The number of aliphatic hydroxyl groups excluding tert-OH is 1. The fraction of sp³-hybridized carbons (Fsp3) is 0.292. The molecule has 2 heterocycles. The van der Waals surface area contributed by atoms with Gasteiger partial charge < -0.3 is 20.5 Å². The van der Waals surface area contributed by atoms with Crippen LogP contribution in [0.1, 0.15) is 59.5 Å². The molecular formula is C24H23F2N5O4. The zero-order chi connectivity index (χ0) is 25.0. The van der Waals surface area contributed by atoms with Crippen molar-refractivity contribution < 1.29 is 28.2 Å². The quantitative estimate of drug-likeness (QED) is 0.427. The number of halogens is 2. The number of nitrogens with zero attached hydrogens (tertiary/aromatic N) is 3. The first-order valence-electron chi connectivity index (χ1n) is 10.9. The molecule has 1 aliphatic carbocycles. The van der Waals surface area contributed by atoms with Gasteiger partial charge in [0.15, 0.2) is 0 Å². The average molecular weight is 483 g/mol. The molecule has 1 aromatic carbocycles. The minimum Gasteiger partial charge on any atom is -0.455 e. The van der Waals surface area contributed by atoms with Gasteiger partial charge in [-0.1, -0.05) is 6.07 Å². The lowest BCUT2D eigenvalue weighted by Crippen LogP contribution is -2.48. The Kier molecular flexibility index (Phi) is 6.97. The van der Waals surface area contributed by atoms with Gasteiger partial charge in [-0.3, -0.25) is 14.6 Å². The Morgan fingerprint density at radius 2 is 1.89 bits per heavy atom. The number of hydrogen-bond donors (Lipinski definition) is 3. The Labute approximate surface area is 199 Å². The number of amides is 2. The van der Waals surface area contributed by atoms with Crippen LogP contribution in [0.15, 0.2) is 55.2 Å². The third-order valence-electron chi connectivity index (χ3n) is 5.57. The van der Waals surface area contributed by atoms with E-state index in [1.54, 1.807) is 12.1 Å². The van der Waals surface area contributed by atoms with Crippen LogP contribution < -0.4 is 15.4 Å². The lowest BCUT2D eigenvalue weighted by Gasteiger charge is -2.17. The molecule has 1 saturated carbocycles. The molecule has 0 spiro atoms. The van der Waals surface area contributed by atoms with E-state index in [4.69, 9.17) is 4.74 Å². The molecule has 35 heavy (non-hydrogen) atoms. The molecule has 1 fully saturated rings. The Balaban J connectivity index is 1.34. The van der Waals surface area contributed by atoms with E-state index in [2.05, 4.69) is 25.6 Å². The van der Waals surface area contributed by atoms with Crippen LogP contribution in [0, 0.1) is 0 Å². The van der Waals surface area contributed by atoms with Gasteiger partial charge in [-0.15, -0.1) is 0 Å². The summed E-state index contributed by atoms with van der Waals surface area (Å²) in [6.45, 7) is 1.60. The first-order chi connectivity index (χ1) is 16.8. The number of pyridine rings is 1. The zero-order valence-electron chi connectivity index (χ0n) is 18.7. The van der Waals surface area contributed by atoms with Gasteiger partial charge >= 0.3 is 0 Å². The molecule has 3 aromatic rings. The van der Waals surface area contributed by atoms with Gasteiger partial charge in [0.05, 0.1) is 35.7 Å². The summed E-state index contributed by atoms with van der Waals surface area (Å²) in [5.74, 6) is -0.558. The van der Waals surface area contributed by atoms with Crippen molar-refractivity contribution in [3.63, 3.8) is 0 Å². The summed E-state index contributed by atoms with van der Waals surface area (Å²) in [6, 6.07) is 7.25. The largest absolute Gasteiger partial charge is 0.455 e. The van der Waals surface area contributed by atoms with Crippen molar-refractivity contribution in [3.05, 3.63) is 77.6 Å². The Morgan fingerprint density at radius 1 is 1.14 bits per heavy atom. The van der Waals surface area contributed by atoms with Crippen LogP contribution in [-0.2, 0) is 11.3 Å². The molecule has 1 unspecified atom stereocenters. The van der Waals surface area contributed by atoms with Crippen molar-refractivity contribution in [2.75, 3.05) is 0 Å². The Morgan fingerprint density at radius 3 is 2.49 bits per heavy atom. The normalized spacial score (nSPS) is 14.8. The first-order valence-corrected chi connectivity index (χ1v) is 10.9. The maximum Gasteiger partial charge on any atom is 0.267 e. The second kappa shape index (κ2) is 10.1. The van der Waals surface area contributed by atoms with Crippen molar-refractivity contribution in [3.8, 4) is 11.5 Å². The molecule has 2 aromatic heterocycles. The predicted molar refractivity (Wildman–Crippen MR) is 120 cm³/mol. The molecule has 0 aliphatic heterocycles. The standard InChI is InChI=1S/C24H23F2N5O4/c1-14(32)15-2-5-20(19(8-15)21(25)26)35-18-4-3-17(29-12-18)11-30-23(34)24(6-7-24)31-22(33)16-9-27-13-28-10-16/h2-5,8-10,12-14,21,32H,6-7,11H2,1H3,(H,30,34)(H,31,33). The summed E-state index contributed by atoms with van der Waals surface area (Å²) in [5.41, 5.74) is -0.167. The summed E-state index contributed by atoms with van der Waals surface area (Å²) in [6.07, 6.45) is 2.78. The number of benzene rings is 1. The highest BCUT2D eigenvalue weighted by atomic mass is 19.3. The molecule has 1 aliphatic rings. The molecular weight excluding hydrogens is 460 g/mol. The molecule has 1 atom stereocenters. The number of carbonyl (C=O) groups is 2. The first kappa shape index (κ1) is 24.1. The maximum atomic E-state index is 13.4. The molecule has 2 amide bonds. The molecule has 11 heteroatoms. The van der Waals surface area contributed by atoms with E-state index in [9.17, 15) is 23.5 Å². The lowest BCUT2D eigenvalue weighted by molar-refractivity contribution is -0.124. The predicted octanol–water partition coefficient (Wildman–Crippen LogP) is 3.23.